The molecule has 6 heteroatoms. The Labute approximate surface area is 166 Å². The van der Waals surface area contributed by atoms with E-state index in [1.807, 2.05) is 12.4 Å². The third kappa shape index (κ3) is 2.07. The lowest BCUT2D eigenvalue weighted by atomic mass is 9.45. The molecule has 1 N–H and O–H groups in total. The van der Waals surface area contributed by atoms with Gasteiger partial charge in [0.05, 0.1) is 5.71 Å². The van der Waals surface area contributed by atoms with E-state index in [0.29, 0.717) is 11.3 Å². The Morgan fingerprint density at radius 3 is 2.93 bits per heavy atom. The average Bonchev–Trinajstić information content (AvgIpc) is 3.15. The van der Waals surface area contributed by atoms with Gasteiger partial charge in [-0.05, 0) is 67.8 Å². The molecule has 6 aliphatic rings. The molecule has 2 aromatic heterocycles. The van der Waals surface area contributed by atoms with E-state index in [-0.39, 0.29) is 7.05 Å². The van der Waals surface area contributed by atoms with Crippen LogP contribution in [0.1, 0.15) is 51.0 Å². The lowest BCUT2D eigenvalue weighted by Crippen LogP contribution is -2.59. The molecule has 0 aromatic carbocycles. The summed E-state index contributed by atoms with van der Waals surface area (Å²) < 4.78 is 6.17. The molecule has 0 spiro atoms. The number of nitrogens with zero attached hydrogens (tertiary/aromatic N) is 3. The Morgan fingerprint density at radius 1 is 1.25 bits per heavy atom. The zero-order valence-corrected chi connectivity index (χ0v) is 16.5. The second kappa shape index (κ2) is 5.41. The summed E-state index contributed by atoms with van der Waals surface area (Å²) in [7, 11) is -0.0614. The lowest BCUT2D eigenvalue weighted by molar-refractivity contribution is -0.0638. The highest BCUT2D eigenvalue weighted by atomic mass is 16.4. The van der Waals surface area contributed by atoms with Gasteiger partial charge in [-0.1, -0.05) is 6.92 Å². The van der Waals surface area contributed by atoms with Gasteiger partial charge in [-0.2, -0.15) is 5.10 Å². The number of hydrogen-bond acceptors (Lipinski definition) is 4. The molecule has 4 aliphatic carbocycles. The van der Waals surface area contributed by atoms with Crippen LogP contribution in [0.2, 0.25) is 0 Å². The Balaban J connectivity index is 1.41. The van der Waals surface area contributed by atoms with Gasteiger partial charge >= 0.3 is 7.05 Å². The minimum atomic E-state index is -0.0614. The van der Waals surface area contributed by atoms with Crippen molar-refractivity contribution in [1.29, 1.82) is 0 Å². The van der Waals surface area contributed by atoms with E-state index in [9.17, 15) is 0 Å². The van der Waals surface area contributed by atoms with Crippen molar-refractivity contribution >= 4 is 29.3 Å². The first kappa shape index (κ1) is 16.0. The third-order valence-electron chi connectivity index (χ3n) is 8.35. The quantitative estimate of drug-likeness (QED) is 0.781. The number of hydrogen-bond donors (Lipinski definition) is 1. The first-order valence-corrected chi connectivity index (χ1v) is 11.1. The summed E-state index contributed by atoms with van der Waals surface area (Å²) in [5, 5.41) is 6.55. The van der Waals surface area contributed by atoms with Gasteiger partial charge in [-0.25, -0.2) is 4.98 Å². The Morgan fingerprint density at radius 2 is 2.11 bits per heavy atom. The molecule has 5 fully saturated rings. The van der Waals surface area contributed by atoms with Crippen molar-refractivity contribution in [3.63, 3.8) is 0 Å². The average molecular weight is 374 g/mol. The number of aromatic nitrogens is 2. The van der Waals surface area contributed by atoms with Gasteiger partial charge in [-0.15, -0.1) is 0 Å². The van der Waals surface area contributed by atoms with Gasteiger partial charge < -0.3 is 14.6 Å². The molecular formula is C22H27BN4O. The van der Waals surface area contributed by atoms with E-state index in [4.69, 9.17) is 14.7 Å². The van der Waals surface area contributed by atoms with E-state index in [2.05, 4.69) is 22.9 Å². The normalized spacial score (nSPS) is 38.5. The minimum absolute atomic E-state index is 0.0614. The summed E-state index contributed by atoms with van der Waals surface area (Å²) in [5.41, 5.74) is 5.48. The minimum Gasteiger partial charge on any atom is -0.412 e. The largest absolute Gasteiger partial charge is 0.471 e. The second-order valence-corrected chi connectivity index (χ2v) is 10.4. The van der Waals surface area contributed by atoms with Crippen LogP contribution >= 0.6 is 0 Å². The summed E-state index contributed by atoms with van der Waals surface area (Å²) >= 11 is 0. The van der Waals surface area contributed by atoms with Crippen LogP contribution in [0.3, 0.4) is 0 Å². The van der Waals surface area contributed by atoms with Crippen LogP contribution in [-0.2, 0) is 4.65 Å². The SMILES string of the molecule is CC12CC3C[C@@H](C1)C(C1=NN4CCCOB4c4cnc5[nH]ccc5c41)[C@@H](C3)C2. The summed E-state index contributed by atoms with van der Waals surface area (Å²) in [4.78, 5) is 10.2. The molecule has 8 rings (SSSR count). The Bertz CT molecular complexity index is 984. The van der Waals surface area contributed by atoms with Crippen molar-refractivity contribution in [1.82, 2.24) is 14.9 Å². The van der Waals surface area contributed by atoms with Crippen LogP contribution in [-0.4, -0.2) is 40.8 Å². The van der Waals surface area contributed by atoms with Gasteiger partial charge in [0.2, 0.25) is 0 Å². The van der Waals surface area contributed by atoms with E-state index in [1.54, 1.807) is 0 Å². The standard InChI is InChI=1S/C22H27BN4O/c1-22-9-13-7-14(10-22)18(15(8-13)11-22)20-19-16-3-4-24-21(16)25-12-17(19)23-27(26-20)5-2-6-28-23/h3-4,12-15,18H,2,5-11H2,1H3,(H,24,25)/t13?,14-,15-,18?,22?/m0/s1. The zero-order chi connectivity index (χ0) is 18.5. The number of aromatic amines is 1. The van der Waals surface area contributed by atoms with Gasteiger partial charge in [0.25, 0.3) is 0 Å². The summed E-state index contributed by atoms with van der Waals surface area (Å²) in [6, 6.07) is 2.19. The highest BCUT2D eigenvalue weighted by Gasteiger charge is 2.56. The molecule has 0 unspecified atom stereocenters. The van der Waals surface area contributed by atoms with E-state index in [1.165, 1.54) is 54.2 Å². The molecule has 4 saturated carbocycles. The maximum Gasteiger partial charge on any atom is 0.471 e. The number of nitrogens with one attached hydrogen (secondary N) is 1. The predicted molar refractivity (Wildman–Crippen MR) is 110 cm³/mol. The fourth-order valence-electron chi connectivity index (χ4n) is 7.77. The molecule has 2 aromatic rings. The molecule has 0 radical (unpaired) electrons. The van der Waals surface area contributed by atoms with Crippen molar-refractivity contribution in [2.75, 3.05) is 13.2 Å². The number of fused-ring (bicyclic) bond motifs is 5. The number of hydrazone groups is 1. The molecule has 4 bridgehead atoms. The van der Waals surface area contributed by atoms with Crippen molar-refractivity contribution in [2.24, 2.45) is 34.2 Å². The van der Waals surface area contributed by atoms with E-state index in [0.717, 1.165) is 43.0 Å². The molecule has 144 valence electrons. The van der Waals surface area contributed by atoms with Crippen LogP contribution in [0.25, 0.3) is 11.0 Å². The topological polar surface area (TPSA) is 53.5 Å². The van der Waals surface area contributed by atoms with Gasteiger partial charge in [-0.3, -0.25) is 0 Å². The number of H-pyrrole nitrogens is 1. The van der Waals surface area contributed by atoms with Crippen LogP contribution in [0.15, 0.2) is 23.6 Å². The lowest BCUT2D eigenvalue weighted by Gasteiger charge is -2.59. The van der Waals surface area contributed by atoms with Crippen molar-refractivity contribution in [3.05, 3.63) is 24.0 Å². The van der Waals surface area contributed by atoms with Crippen molar-refractivity contribution in [3.8, 4) is 0 Å². The van der Waals surface area contributed by atoms with Gasteiger partial charge in [0.15, 0.2) is 0 Å². The number of rotatable bonds is 1. The summed E-state index contributed by atoms with van der Waals surface area (Å²) in [6.45, 7) is 4.35. The van der Waals surface area contributed by atoms with Crippen LogP contribution in [0.5, 0.6) is 0 Å². The van der Waals surface area contributed by atoms with Gasteiger partial charge in [0.1, 0.15) is 5.65 Å². The smallest absolute Gasteiger partial charge is 0.412 e. The molecule has 2 aliphatic heterocycles. The number of pyridine rings is 1. The molecule has 5 nitrogen and oxygen atoms in total. The fourth-order valence-corrected chi connectivity index (χ4v) is 7.77. The van der Waals surface area contributed by atoms with Crippen molar-refractivity contribution < 1.29 is 4.65 Å². The highest BCUT2D eigenvalue weighted by molar-refractivity contribution is 6.67. The van der Waals surface area contributed by atoms with Crippen LogP contribution < -0.4 is 5.46 Å². The first-order chi connectivity index (χ1) is 13.7. The third-order valence-corrected chi connectivity index (χ3v) is 8.35. The van der Waals surface area contributed by atoms with Crippen LogP contribution in [0.4, 0.5) is 0 Å². The molecule has 4 heterocycles. The molecule has 2 atom stereocenters. The summed E-state index contributed by atoms with van der Waals surface area (Å²) in [6.07, 6.45) is 12.2. The Kier molecular flexibility index (Phi) is 3.10. The maximum atomic E-state index is 6.17. The monoisotopic (exact) mass is 374 g/mol. The van der Waals surface area contributed by atoms with Gasteiger partial charge in [0, 0.05) is 47.9 Å². The fraction of sp³-hybridized carbons (Fsp3) is 0.636. The Hall–Kier alpha value is -1.82. The second-order valence-electron chi connectivity index (χ2n) is 10.4. The molecule has 1 saturated heterocycles. The first-order valence-electron chi connectivity index (χ1n) is 11.1. The van der Waals surface area contributed by atoms with Crippen LogP contribution in [0, 0.1) is 29.1 Å². The maximum absolute atomic E-state index is 6.17. The molecule has 28 heavy (non-hydrogen) atoms. The molecular weight excluding hydrogens is 347 g/mol. The highest BCUT2D eigenvalue weighted by Crippen LogP contribution is 2.62. The van der Waals surface area contributed by atoms with E-state index >= 15 is 0 Å². The van der Waals surface area contributed by atoms with Crippen molar-refractivity contribution in [2.45, 2.75) is 45.4 Å². The zero-order valence-electron chi connectivity index (χ0n) is 16.5. The van der Waals surface area contributed by atoms with E-state index < -0.39 is 0 Å². The predicted octanol–water partition coefficient (Wildman–Crippen LogP) is 3.16. The summed E-state index contributed by atoms with van der Waals surface area (Å²) in [5.74, 6) is 3.16. The molecule has 0 amide bonds.